The third kappa shape index (κ3) is 11.0. The molecule has 2 aliphatic heterocycles. The van der Waals surface area contributed by atoms with Gasteiger partial charge in [-0.15, -0.1) is 0 Å². The molecule has 0 saturated carbocycles. The number of aromatic amines is 2. The predicted octanol–water partition coefficient (Wildman–Crippen LogP) is -5.04. The van der Waals surface area contributed by atoms with Gasteiger partial charge in [-0.2, -0.15) is 0 Å². The molecule has 0 radical (unpaired) electrons. The summed E-state index contributed by atoms with van der Waals surface area (Å²) in [5.41, 5.74) is 0.425. The molecule has 0 saturated heterocycles. The van der Waals surface area contributed by atoms with Crippen molar-refractivity contribution in [2.75, 3.05) is 0 Å². The van der Waals surface area contributed by atoms with Crippen LogP contribution in [0.1, 0.15) is 22.8 Å². The van der Waals surface area contributed by atoms with Crippen molar-refractivity contribution < 1.29 is 170 Å². The SMILES string of the molecule is O=S(=O)([O-])c1ccccc1-c1c2nc(c(-c3ccccc3S(=O)(=O)[O-])c3ccc([nH]3)c(-c3ccccc3S(=O)(=O)[O-])c3nc(c(-c4ccccc4S(=O)(=O)[O-])c4ccc1[nH]4)C=C3)C=C2.[Na+].[Na+].[Na+].[Na+]. The van der Waals surface area contributed by atoms with E-state index >= 15 is 0 Å². The van der Waals surface area contributed by atoms with Crippen LogP contribution in [0.15, 0.2) is 141 Å². The van der Waals surface area contributed by atoms with Gasteiger partial charge in [0.25, 0.3) is 0 Å². The van der Waals surface area contributed by atoms with Crippen molar-refractivity contribution in [3.63, 3.8) is 0 Å². The first-order valence-electron chi connectivity index (χ1n) is 18.7. The van der Waals surface area contributed by atoms with Crippen LogP contribution in [0.3, 0.4) is 0 Å². The molecule has 0 unspecified atom stereocenters. The minimum atomic E-state index is -5.15. The summed E-state index contributed by atoms with van der Waals surface area (Å²) in [6, 6.07) is 27.3. The summed E-state index contributed by atoms with van der Waals surface area (Å²) < 4.78 is 153. The van der Waals surface area contributed by atoms with Crippen molar-refractivity contribution in [2.45, 2.75) is 19.6 Å². The molecule has 0 aliphatic carbocycles. The molecule has 7 aromatic rings. The van der Waals surface area contributed by atoms with E-state index in [0.29, 0.717) is 0 Å². The van der Waals surface area contributed by atoms with E-state index in [1.54, 1.807) is 0 Å². The van der Waals surface area contributed by atoms with Gasteiger partial charge in [0.1, 0.15) is 40.5 Å². The largest absolute Gasteiger partial charge is 1.00 e. The van der Waals surface area contributed by atoms with E-state index < -0.39 is 60.1 Å². The molecule has 0 amide bonds. The number of hydrogen-bond donors (Lipinski definition) is 2. The van der Waals surface area contributed by atoms with Crippen LogP contribution in [0, 0.1) is 0 Å². The van der Waals surface area contributed by atoms with Crippen LogP contribution in [-0.4, -0.2) is 71.8 Å². The standard InChI is InChI=1S/C44H30N4O12S4.4Na/c49-61(50,51)37-13-5-1-9-25(37)41-29-17-19-31(45-29)42(26-10-2-6-14-38(26)62(52,53)54)33-21-23-35(47-33)44(28-12-4-8-16-40(28)64(58,59)60)36-24-22-34(48-36)43(32-20-18-30(41)46-32)27-11-3-7-15-39(27)63(55,56)57;;;;/h1-24,45,48H,(H,49,50,51)(H,52,53,54)(H,55,56,57)(H,58,59,60);;;;/q;4*+1/p-4. The molecular formula is C44H26N4Na4O12S4. The van der Waals surface area contributed by atoms with Crippen LogP contribution in [0.4, 0.5) is 0 Å². The zero-order valence-corrected chi connectivity index (χ0v) is 47.5. The molecule has 0 atom stereocenters. The van der Waals surface area contributed by atoms with Crippen LogP contribution >= 0.6 is 0 Å². The van der Waals surface area contributed by atoms with E-state index in [0.717, 1.165) is 24.3 Å². The Hall–Kier alpha value is -2.88. The van der Waals surface area contributed by atoms with E-state index in [4.69, 9.17) is 9.97 Å². The fraction of sp³-hybridized carbons (Fsp3) is 0. The Bertz CT molecular complexity index is 3390. The Morgan fingerprint density at radius 2 is 0.500 bits per heavy atom. The minimum absolute atomic E-state index is 0. The Morgan fingerprint density at radius 1 is 0.309 bits per heavy atom. The van der Waals surface area contributed by atoms with Gasteiger partial charge < -0.3 is 28.2 Å². The smallest absolute Gasteiger partial charge is 0.744 e. The fourth-order valence-corrected chi connectivity index (χ4v) is 10.6. The maximum atomic E-state index is 12.8. The van der Waals surface area contributed by atoms with E-state index in [1.807, 2.05) is 0 Å². The van der Waals surface area contributed by atoms with Crippen molar-refractivity contribution >= 4 is 86.8 Å². The zero-order valence-electron chi connectivity index (χ0n) is 36.3. The van der Waals surface area contributed by atoms with Crippen molar-refractivity contribution in [3.8, 4) is 44.5 Å². The molecule has 2 aliphatic rings. The first-order chi connectivity index (χ1) is 30.3. The van der Waals surface area contributed by atoms with Crippen molar-refractivity contribution in [1.82, 2.24) is 19.9 Å². The molecule has 0 fully saturated rings. The topological polar surface area (TPSA) is 286 Å². The average molecular weight is 1020 g/mol. The molecule has 0 spiro atoms. The van der Waals surface area contributed by atoms with Crippen LogP contribution in [0.2, 0.25) is 0 Å². The van der Waals surface area contributed by atoms with Crippen LogP contribution in [-0.2, 0) is 40.5 Å². The van der Waals surface area contributed by atoms with Gasteiger partial charge in [-0.1, -0.05) is 72.8 Å². The fourth-order valence-electron chi connectivity index (χ4n) is 7.90. The van der Waals surface area contributed by atoms with Gasteiger partial charge >= 0.3 is 118 Å². The summed E-state index contributed by atoms with van der Waals surface area (Å²) in [7, 11) is -20.6. The normalized spacial score (nSPS) is 12.3. The van der Waals surface area contributed by atoms with Crippen LogP contribution in [0.5, 0.6) is 0 Å². The third-order valence-electron chi connectivity index (χ3n) is 10.5. The summed E-state index contributed by atoms with van der Waals surface area (Å²) in [5, 5.41) is 0. The quantitative estimate of drug-likeness (QED) is 0.107. The summed E-state index contributed by atoms with van der Waals surface area (Å²) in [5.74, 6) is 0. The first kappa shape index (κ1) is 56.0. The number of aromatic nitrogens is 4. The number of nitrogens with one attached hydrogen (secondary N) is 2. The molecule has 16 nitrogen and oxygen atoms in total. The van der Waals surface area contributed by atoms with Gasteiger partial charge in [0.05, 0.1) is 42.4 Å². The molecular weight excluding hydrogens is 997 g/mol. The summed E-state index contributed by atoms with van der Waals surface area (Å²) in [6.45, 7) is 0. The zero-order chi connectivity index (χ0) is 45.3. The molecule has 2 N–H and O–H groups in total. The average Bonchev–Trinajstić information content (AvgIpc) is 4.08. The second-order valence-corrected chi connectivity index (χ2v) is 19.7. The molecule has 8 bridgehead atoms. The second kappa shape index (κ2) is 21.5. The van der Waals surface area contributed by atoms with Crippen molar-refractivity contribution in [2.24, 2.45) is 0 Å². The number of hydrogen-bond acceptors (Lipinski definition) is 14. The third-order valence-corrected chi connectivity index (χ3v) is 14.0. The molecule has 24 heteroatoms. The monoisotopic (exact) mass is 1020 g/mol. The number of nitrogens with zero attached hydrogens (tertiary/aromatic N) is 2. The van der Waals surface area contributed by atoms with E-state index in [2.05, 4.69) is 9.97 Å². The van der Waals surface area contributed by atoms with Gasteiger partial charge in [0.15, 0.2) is 0 Å². The Labute approximate surface area is 478 Å². The van der Waals surface area contributed by atoms with Crippen LogP contribution in [0.25, 0.3) is 90.9 Å². The Kier molecular flexibility index (Phi) is 17.7. The second-order valence-electron chi connectivity index (χ2n) is 14.3. The summed E-state index contributed by atoms with van der Waals surface area (Å²) in [6.07, 6.45) is 5.88. The van der Waals surface area contributed by atoms with Gasteiger partial charge in [0, 0.05) is 66.6 Å². The van der Waals surface area contributed by atoms with Crippen molar-refractivity contribution in [1.29, 1.82) is 0 Å². The molecule has 5 heterocycles. The summed E-state index contributed by atoms with van der Waals surface area (Å²) >= 11 is 0. The number of fused-ring (bicyclic) bond motifs is 8. The van der Waals surface area contributed by atoms with E-state index in [-0.39, 0.29) is 208 Å². The molecule has 3 aromatic heterocycles. The number of H-pyrrole nitrogens is 2. The molecule has 4 aromatic carbocycles. The first-order valence-corrected chi connectivity index (χ1v) is 24.3. The van der Waals surface area contributed by atoms with E-state index in [9.17, 15) is 51.9 Å². The predicted molar refractivity (Wildman–Crippen MR) is 232 cm³/mol. The molecule has 68 heavy (non-hydrogen) atoms. The van der Waals surface area contributed by atoms with Gasteiger partial charge in [-0.3, -0.25) is 0 Å². The maximum absolute atomic E-state index is 12.8. The Balaban J connectivity index is 0.00000216. The van der Waals surface area contributed by atoms with Crippen LogP contribution < -0.4 is 118 Å². The van der Waals surface area contributed by atoms with Gasteiger partial charge in [0.2, 0.25) is 0 Å². The van der Waals surface area contributed by atoms with E-state index in [1.165, 1.54) is 121 Å². The van der Waals surface area contributed by atoms with Crippen molar-refractivity contribution in [3.05, 3.63) is 144 Å². The molecule has 322 valence electrons. The van der Waals surface area contributed by atoms with Gasteiger partial charge in [-0.25, -0.2) is 43.6 Å². The summed E-state index contributed by atoms with van der Waals surface area (Å²) in [4.78, 5) is 13.6. The Morgan fingerprint density at radius 3 is 0.691 bits per heavy atom. The molecule has 9 rings (SSSR count). The number of benzene rings is 4. The maximum Gasteiger partial charge on any atom is 1.00 e. The van der Waals surface area contributed by atoms with Gasteiger partial charge in [-0.05, 0) is 72.8 Å². The minimum Gasteiger partial charge on any atom is -0.744 e. The number of rotatable bonds is 8.